The van der Waals surface area contributed by atoms with Crippen LogP contribution in [-0.2, 0) is 15.9 Å². The van der Waals surface area contributed by atoms with E-state index in [4.69, 9.17) is 13.9 Å². The molecule has 1 aromatic heterocycles. The summed E-state index contributed by atoms with van der Waals surface area (Å²) in [6.45, 7) is 5.96. The lowest BCUT2D eigenvalue weighted by Crippen LogP contribution is -2.20. The first-order valence-corrected chi connectivity index (χ1v) is 11.4. The average molecular weight is 446 g/mol. The standard InChI is InChI=1S/C28H31NO4/c1-5-9-20-16-19(17-27(32-4)24(6-2)31-3)22(28(30)29-20)14-18-12-13-26-23(15-18)21-10-7-8-11-25(21)33-26/h6-8,10-13,15,19,30H,2,5,9,14,16-17H2,1,3-4H3/b27-24-/t19-/m0/s1. The second-order valence-electron chi connectivity index (χ2n) is 8.39. The predicted molar refractivity (Wildman–Crippen MR) is 133 cm³/mol. The largest absolute Gasteiger partial charge is 0.497 e. The molecule has 172 valence electrons. The van der Waals surface area contributed by atoms with E-state index >= 15 is 0 Å². The van der Waals surface area contributed by atoms with Gasteiger partial charge >= 0.3 is 0 Å². The van der Waals surface area contributed by atoms with Crippen LogP contribution in [0.15, 0.2) is 87.5 Å². The normalized spacial score (nSPS) is 17.2. The first-order chi connectivity index (χ1) is 16.1. The minimum Gasteiger partial charge on any atom is -0.497 e. The van der Waals surface area contributed by atoms with Crippen LogP contribution in [0.3, 0.4) is 0 Å². The molecule has 1 aliphatic heterocycles. The van der Waals surface area contributed by atoms with E-state index < -0.39 is 0 Å². The Labute approximate surface area is 194 Å². The molecule has 5 nitrogen and oxygen atoms in total. The summed E-state index contributed by atoms with van der Waals surface area (Å²) in [6.07, 6.45) is 5.49. The van der Waals surface area contributed by atoms with Gasteiger partial charge in [-0.15, -0.1) is 0 Å². The maximum absolute atomic E-state index is 10.9. The predicted octanol–water partition coefficient (Wildman–Crippen LogP) is 7.24. The zero-order valence-electron chi connectivity index (χ0n) is 19.6. The number of furan rings is 1. The molecule has 33 heavy (non-hydrogen) atoms. The van der Waals surface area contributed by atoms with Crippen LogP contribution in [0.4, 0.5) is 0 Å². The van der Waals surface area contributed by atoms with Gasteiger partial charge in [-0.3, -0.25) is 0 Å². The lowest BCUT2D eigenvalue weighted by molar-refractivity contribution is 0.212. The molecule has 2 heterocycles. The van der Waals surface area contributed by atoms with E-state index in [-0.39, 0.29) is 11.8 Å². The molecular weight excluding hydrogens is 414 g/mol. The SMILES string of the molecule is C=C/C(OC)=C(\C[C@@H]1CC(CCC)=NC(O)=C1Cc1ccc2oc3ccccc3c2c1)OC. The van der Waals surface area contributed by atoms with Gasteiger partial charge < -0.3 is 19.0 Å². The summed E-state index contributed by atoms with van der Waals surface area (Å²) in [5.41, 5.74) is 4.78. The Morgan fingerprint density at radius 1 is 1.15 bits per heavy atom. The molecule has 1 atom stereocenters. The molecule has 4 rings (SSSR count). The molecule has 0 saturated carbocycles. The van der Waals surface area contributed by atoms with Gasteiger partial charge in [0.2, 0.25) is 5.88 Å². The quantitative estimate of drug-likeness (QED) is 0.278. The molecule has 0 fully saturated rings. The Kier molecular flexibility index (Phi) is 6.87. The second-order valence-corrected chi connectivity index (χ2v) is 8.39. The molecule has 0 amide bonds. The summed E-state index contributed by atoms with van der Waals surface area (Å²) in [7, 11) is 3.25. The molecular formula is C28H31NO4. The van der Waals surface area contributed by atoms with Gasteiger partial charge in [-0.05, 0) is 55.0 Å². The van der Waals surface area contributed by atoms with Crippen LogP contribution >= 0.6 is 0 Å². The number of aliphatic imine (C=N–C) groups is 1. The van der Waals surface area contributed by atoms with Gasteiger partial charge in [0.05, 0.1) is 14.2 Å². The van der Waals surface area contributed by atoms with Crippen LogP contribution < -0.4 is 0 Å². The van der Waals surface area contributed by atoms with E-state index in [9.17, 15) is 5.11 Å². The first kappa shape index (κ1) is 22.7. The van der Waals surface area contributed by atoms with Gasteiger partial charge in [-0.1, -0.05) is 44.2 Å². The molecule has 0 spiro atoms. The van der Waals surface area contributed by atoms with Crippen LogP contribution in [0, 0.1) is 5.92 Å². The zero-order chi connectivity index (χ0) is 23.4. The van der Waals surface area contributed by atoms with Crippen molar-refractivity contribution in [1.29, 1.82) is 0 Å². The number of nitrogens with zero attached hydrogens (tertiary/aromatic N) is 1. The van der Waals surface area contributed by atoms with Gasteiger partial charge in [0.1, 0.15) is 16.9 Å². The fourth-order valence-electron chi connectivity index (χ4n) is 4.65. The van der Waals surface area contributed by atoms with Crippen LogP contribution in [0.25, 0.3) is 21.9 Å². The van der Waals surface area contributed by atoms with Crippen molar-refractivity contribution >= 4 is 27.7 Å². The lowest BCUT2D eigenvalue weighted by atomic mass is 9.83. The van der Waals surface area contributed by atoms with E-state index in [1.165, 1.54) is 0 Å². The van der Waals surface area contributed by atoms with Crippen LogP contribution in [-0.4, -0.2) is 25.0 Å². The van der Waals surface area contributed by atoms with E-state index in [0.29, 0.717) is 18.6 Å². The third kappa shape index (κ3) is 4.68. The fraction of sp³-hybridized carbons (Fsp3) is 0.321. The molecule has 1 aliphatic rings. The van der Waals surface area contributed by atoms with E-state index in [0.717, 1.165) is 63.8 Å². The van der Waals surface area contributed by atoms with Crippen molar-refractivity contribution in [2.45, 2.75) is 39.0 Å². The van der Waals surface area contributed by atoms with Crippen molar-refractivity contribution in [2.24, 2.45) is 10.9 Å². The fourth-order valence-corrected chi connectivity index (χ4v) is 4.65. The molecule has 0 unspecified atom stereocenters. The van der Waals surface area contributed by atoms with Crippen LogP contribution in [0.5, 0.6) is 0 Å². The van der Waals surface area contributed by atoms with Crippen LogP contribution in [0.2, 0.25) is 0 Å². The Morgan fingerprint density at radius 3 is 2.67 bits per heavy atom. The highest BCUT2D eigenvalue weighted by Gasteiger charge is 2.28. The summed E-state index contributed by atoms with van der Waals surface area (Å²) in [4.78, 5) is 4.55. The minimum absolute atomic E-state index is 0.0564. The van der Waals surface area contributed by atoms with Gasteiger partial charge in [-0.2, -0.15) is 0 Å². The maximum Gasteiger partial charge on any atom is 0.210 e. The number of benzene rings is 2. The zero-order valence-corrected chi connectivity index (χ0v) is 19.6. The Balaban J connectivity index is 1.71. The maximum atomic E-state index is 10.9. The number of ether oxygens (including phenoxy) is 2. The van der Waals surface area contributed by atoms with Crippen molar-refractivity contribution in [3.05, 3.63) is 83.7 Å². The van der Waals surface area contributed by atoms with Crippen molar-refractivity contribution in [2.75, 3.05) is 14.2 Å². The number of rotatable bonds is 9. The Morgan fingerprint density at radius 2 is 1.94 bits per heavy atom. The average Bonchev–Trinajstić information content (AvgIpc) is 3.19. The number of fused-ring (bicyclic) bond motifs is 3. The number of para-hydroxylation sites is 1. The summed E-state index contributed by atoms with van der Waals surface area (Å²) >= 11 is 0. The Bertz CT molecular complexity index is 1260. The third-order valence-electron chi connectivity index (χ3n) is 6.26. The number of methoxy groups -OCH3 is 2. The van der Waals surface area contributed by atoms with E-state index in [1.54, 1.807) is 20.3 Å². The molecule has 1 N–H and O–H groups in total. The number of hydrogen-bond donors (Lipinski definition) is 1. The number of allylic oxidation sites excluding steroid dienone is 3. The van der Waals surface area contributed by atoms with Gasteiger partial charge in [-0.25, -0.2) is 4.99 Å². The molecule has 0 aliphatic carbocycles. The number of hydrogen-bond acceptors (Lipinski definition) is 5. The highest BCUT2D eigenvalue weighted by Crippen LogP contribution is 2.36. The highest BCUT2D eigenvalue weighted by molar-refractivity contribution is 6.05. The summed E-state index contributed by atoms with van der Waals surface area (Å²) < 4.78 is 17.1. The smallest absolute Gasteiger partial charge is 0.210 e. The summed E-state index contributed by atoms with van der Waals surface area (Å²) in [5, 5.41) is 13.1. The number of aliphatic hydroxyl groups is 1. The summed E-state index contributed by atoms with van der Waals surface area (Å²) in [6, 6.07) is 14.3. The summed E-state index contributed by atoms with van der Waals surface area (Å²) in [5.74, 6) is 1.51. The van der Waals surface area contributed by atoms with Crippen molar-refractivity contribution in [3.63, 3.8) is 0 Å². The van der Waals surface area contributed by atoms with Crippen molar-refractivity contribution < 1.29 is 19.0 Å². The second kappa shape index (κ2) is 9.99. The highest BCUT2D eigenvalue weighted by atomic mass is 16.5. The Hall–Kier alpha value is -3.47. The first-order valence-electron chi connectivity index (χ1n) is 11.4. The van der Waals surface area contributed by atoms with Crippen LogP contribution in [0.1, 0.15) is 38.2 Å². The number of aliphatic hydroxyl groups excluding tert-OH is 1. The van der Waals surface area contributed by atoms with Crippen molar-refractivity contribution in [1.82, 2.24) is 0 Å². The van der Waals surface area contributed by atoms with Gasteiger partial charge in [0.25, 0.3) is 0 Å². The topological polar surface area (TPSA) is 64.2 Å². The van der Waals surface area contributed by atoms with Crippen molar-refractivity contribution in [3.8, 4) is 0 Å². The molecule has 3 aromatic rings. The minimum atomic E-state index is 0.0564. The molecule has 0 radical (unpaired) electrons. The third-order valence-corrected chi connectivity index (χ3v) is 6.26. The van der Waals surface area contributed by atoms with E-state index in [1.807, 2.05) is 24.3 Å². The molecule has 0 bridgehead atoms. The molecule has 0 saturated heterocycles. The molecule has 2 aromatic carbocycles. The lowest BCUT2D eigenvalue weighted by Gasteiger charge is -2.27. The van der Waals surface area contributed by atoms with Gasteiger partial charge in [0, 0.05) is 28.5 Å². The van der Waals surface area contributed by atoms with Gasteiger partial charge in [0.15, 0.2) is 5.76 Å². The van der Waals surface area contributed by atoms with E-state index in [2.05, 4.69) is 36.7 Å². The molecule has 5 heteroatoms. The monoisotopic (exact) mass is 445 g/mol.